The van der Waals surface area contributed by atoms with E-state index in [4.69, 9.17) is 4.98 Å². The van der Waals surface area contributed by atoms with Crippen LogP contribution in [0.25, 0.3) is 0 Å². The lowest BCUT2D eigenvalue weighted by Gasteiger charge is -2.31. The first-order chi connectivity index (χ1) is 14.6. The molecular weight excluding hydrogens is 390 g/mol. The van der Waals surface area contributed by atoms with Crippen LogP contribution in [0.2, 0.25) is 0 Å². The standard InChI is InChI=1S/C25H29N3OS/c1-18-8-9-19(2)23(14-18)27-24(29)15-25-26-22(17-30-25)16-28-12-10-21(11-13-28)20-6-4-3-5-7-20/h3-9,14,17,21H,10-13,15-16H2,1-2H3,(H,27,29). The molecule has 156 valence electrons. The van der Waals surface area contributed by atoms with Crippen LogP contribution in [0, 0.1) is 13.8 Å². The average molecular weight is 420 g/mol. The van der Waals surface area contributed by atoms with Crippen LogP contribution in [-0.4, -0.2) is 28.9 Å². The van der Waals surface area contributed by atoms with Gasteiger partial charge in [-0.15, -0.1) is 11.3 Å². The zero-order valence-corrected chi connectivity index (χ0v) is 18.5. The number of thiazole rings is 1. The molecule has 4 nitrogen and oxygen atoms in total. The van der Waals surface area contributed by atoms with E-state index in [1.807, 2.05) is 26.0 Å². The molecule has 0 unspecified atom stereocenters. The predicted molar refractivity (Wildman–Crippen MR) is 124 cm³/mol. The van der Waals surface area contributed by atoms with E-state index in [9.17, 15) is 4.79 Å². The Kier molecular flexibility index (Phi) is 6.60. The minimum absolute atomic E-state index is 0.00623. The molecule has 2 aromatic carbocycles. The molecular formula is C25H29N3OS. The minimum atomic E-state index is -0.00623. The third kappa shape index (κ3) is 5.35. The van der Waals surface area contributed by atoms with Gasteiger partial charge in [0.2, 0.25) is 5.91 Å². The largest absolute Gasteiger partial charge is 0.325 e. The third-order valence-corrected chi connectivity index (χ3v) is 6.72. The topological polar surface area (TPSA) is 45.2 Å². The van der Waals surface area contributed by atoms with Crippen LogP contribution in [-0.2, 0) is 17.8 Å². The maximum Gasteiger partial charge on any atom is 0.231 e. The molecule has 30 heavy (non-hydrogen) atoms. The highest BCUT2D eigenvalue weighted by molar-refractivity contribution is 7.09. The monoisotopic (exact) mass is 419 g/mol. The number of amides is 1. The second kappa shape index (κ2) is 9.54. The van der Waals surface area contributed by atoms with Crippen LogP contribution in [0.4, 0.5) is 5.69 Å². The molecule has 2 heterocycles. The van der Waals surface area contributed by atoms with Gasteiger partial charge in [-0.2, -0.15) is 0 Å². The SMILES string of the molecule is Cc1ccc(C)c(NC(=O)Cc2nc(CN3CCC(c4ccccc4)CC3)cs2)c1. The molecule has 0 spiro atoms. The second-order valence-electron chi connectivity index (χ2n) is 8.24. The van der Waals surface area contributed by atoms with Gasteiger partial charge in [-0.3, -0.25) is 9.69 Å². The lowest BCUT2D eigenvalue weighted by atomic mass is 9.89. The number of carbonyl (C=O) groups excluding carboxylic acids is 1. The molecule has 4 rings (SSSR count). The maximum atomic E-state index is 12.5. The van der Waals surface area contributed by atoms with Crippen molar-refractivity contribution in [2.75, 3.05) is 18.4 Å². The number of carbonyl (C=O) groups is 1. The van der Waals surface area contributed by atoms with Gasteiger partial charge in [-0.25, -0.2) is 4.98 Å². The first-order valence-corrected chi connectivity index (χ1v) is 11.5. The van der Waals surface area contributed by atoms with Crippen molar-refractivity contribution < 1.29 is 4.79 Å². The fraction of sp³-hybridized carbons (Fsp3) is 0.360. The lowest BCUT2D eigenvalue weighted by Crippen LogP contribution is -2.32. The Balaban J connectivity index is 1.27. The highest BCUT2D eigenvalue weighted by atomic mass is 32.1. The Morgan fingerprint density at radius 2 is 1.90 bits per heavy atom. The molecule has 0 radical (unpaired) electrons. The van der Waals surface area contributed by atoms with Gasteiger partial charge >= 0.3 is 0 Å². The highest BCUT2D eigenvalue weighted by Crippen LogP contribution is 2.28. The van der Waals surface area contributed by atoms with Crippen LogP contribution in [0.5, 0.6) is 0 Å². The van der Waals surface area contributed by atoms with E-state index in [1.165, 1.54) is 18.4 Å². The van der Waals surface area contributed by atoms with Gasteiger partial charge in [0.25, 0.3) is 0 Å². The summed E-state index contributed by atoms with van der Waals surface area (Å²) < 4.78 is 0. The van der Waals surface area contributed by atoms with Crippen molar-refractivity contribution >= 4 is 22.9 Å². The minimum Gasteiger partial charge on any atom is -0.325 e. The number of hydrogen-bond donors (Lipinski definition) is 1. The fourth-order valence-corrected chi connectivity index (χ4v) is 4.87. The number of rotatable bonds is 6. The molecule has 0 saturated carbocycles. The first-order valence-electron chi connectivity index (χ1n) is 10.6. The molecule has 1 amide bonds. The summed E-state index contributed by atoms with van der Waals surface area (Å²) in [5.74, 6) is 0.662. The van der Waals surface area contributed by atoms with E-state index in [-0.39, 0.29) is 5.91 Å². The summed E-state index contributed by atoms with van der Waals surface area (Å²) in [5, 5.41) is 6.01. The van der Waals surface area contributed by atoms with E-state index in [0.717, 1.165) is 47.2 Å². The van der Waals surface area contributed by atoms with Crippen molar-refractivity contribution in [3.63, 3.8) is 0 Å². The van der Waals surface area contributed by atoms with Crippen LogP contribution in [0.15, 0.2) is 53.9 Å². The molecule has 0 aliphatic carbocycles. The quantitative estimate of drug-likeness (QED) is 0.588. The van der Waals surface area contributed by atoms with Crippen molar-refractivity contribution in [2.24, 2.45) is 0 Å². The van der Waals surface area contributed by atoms with Gasteiger partial charge in [0.15, 0.2) is 0 Å². The summed E-state index contributed by atoms with van der Waals surface area (Å²) in [4.78, 5) is 19.7. The summed E-state index contributed by atoms with van der Waals surface area (Å²) in [6.07, 6.45) is 2.71. The van der Waals surface area contributed by atoms with Crippen molar-refractivity contribution in [1.29, 1.82) is 0 Å². The number of nitrogens with one attached hydrogen (secondary N) is 1. The number of anilines is 1. The molecule has 1 saturated heterocycles. The van der Waals surface area contributed by atoms with Gasteiger partial charge < -0.3 is 5.32 Å². The summed E-state index contributed by atoms with van der Waals surface area (Å²) in [6.45, 7) is 7.11. The molecule has 5 heteroatoms. The second-order valence-corrected chi connectivity index (χ2v) is 9.18. The molecule has 1 aliphatic rings. The highest BCUT2D eigenvalue weighted by Gasteiger charge is 2.21. The van der Waals surface area contributed by atoms with Crippen LogP contribution < -0.4 is 5.32 Å². The predicted octanol–water partition coefficient (Wildman–Crippen LogP) is 5.32. The number of likely N-dealkylation sites (tertiary alicyclic amines) is 1. The van der Waals surface area contributed by atoms with Gasteiger partial charge in [-0.1, -0.05) is 42.5 Å². The number of nitrogens with zero attached hydrogens (tertiary/aromatic N) is 2. The molecule has 0 bridgehead atoms. The van der Waals surface area contributed by atoms with Crippen molar-refractivity contribution in [3.05, 3.63) is 81.3 Å². The van der Waals surface area contributed by atoms with Crippen molar-refractivity contribution in [1.82, 2.24) is 9.88 Å². The normalized spacial score (nSPS) is 15.3. The fourth-order valence-electron chi connectivity index (χ4n) is 4.08. The molecule has 3 aromatic rings. The first kappa shape index (κ1) is 20.8. The van der Waals surface area contributed by atoms with Crippen molar-refractivity contribution in [3.8, 4) is 0 Å². The molecule has 1 N–H and O–H groups in total. The number of benzene rings is 2. The Hall–Kier alpha value is -2.50. The molecule has 0 atom stereocenters. The number of aromatic nitrogens is 1. The maximum absolute atomic E-state index is 12.5. The Bertz CT molecular complexity index is 991. The van der Waals surface area contributed by atoms with Crippen LogP contribution in [0.3, 0.4) is 0 Å². The third-order valence-electron chi connectivity index (χ3n) is 5.82. The van der Waals surface area contributed by atoms with E-state index in [1.54, 1.807) is 11.3 Å². The lowest BCUT2D eigenvalue weighted by molar-refractivity contribution is -0.115. The van der Waals surface area contributed by atoms with Gasteiger partial charge in [-0.05, 0) is 68.5 Å². The smallest absolute Gasteiger partial charge is 0.231 e. The summed E-state index contributed by atoms with van der Waals surface area (Å²) in [6, 6.07) is 16.9. The van der Waals surface area contributed by atoms with Gasteiger partial charge in [0.05, 0.1) is 12.1 Å². The van der Waals surface area contributed by atoms with Gasteiger partial charge in [0, 0.05) is 17.6 Å². The van der Waals surface area contributed by atoms with Crippen LogP contribution >= 0.6 is 11.3 Å². The zero-order chi connectivity index (χ0) is 20.9. The van der Waals surface area contributed by atoms with E-state index in [0.29, 0.717) is 12.3 Å². The van der Waals surface area contributed by atoms with Gasteiger partial charge in [0.1, 0.15) is 5.01 Å². The van der Waals surface area contributed by atoms with E-state index < -0.39 is 0 Å². The molecule has 1 aromatic heterocycles. The van der Waals surface area contributed by atoms with Crippen molar-refractivity contribution in [2.45, 2.75) is 45.6 Å². The summed E-state index contributed by atoms with van der Waals surface area (Å²) in [7, 11) is 0. The average Bonchev–Trinajstić information content (AvgIpc) is 3.18. The Labute approximate surface area is 183 Å². The summed E-state index contributed by atoms with van der Waals surface area (Å²) >= 11 is 1.58. The Morgan fingerprint density at radius 1 is 1.13 bits per heavy atom. The zero-order valence-electron chi connectivity index (χ0n) is 17.7. The number of piperidine rings is 1. The molecule has 1 aliphatic heterocycles. The molecule has 1 fully saturated rings. The Morgan fingerprint density at radius 3 is 2.67 bits per heavy atom. The van der Waals surface area contributed by atoms with E-state index >= 15 is 0 Å². The van der Waals surface area contributed by atoms with E-state index in [2.05, 4.69) is 52.0 Å². The number of aryl methyl sites for hydroxylation is 2. The number of hydrogen-bond acceptors (Lipinski definition) is 4. The summed E-state index contributed by atoms with van der Waals surface area (Å²) in [5.41, 5.74) is 5.64. The van der Waals surface area contributed by atoms with Crippen LogP contribution in [0.1, 0.15) is 46.2 Å².